The van der Waals surface area contributed by atoms with Crippen LogP contribution in [0.1, 0.15) is 5.69 Å². The third-order valence-electron chi connectivity index (χ3n) is 1.62. The molecule has 0 saturated carbocycles. The number of rotatable bonds is 4. The first-order valence-electron chi connectivity index (χ1n) is 4.00. The minimum Gasteiger partial charge on any atom is -0.390 e. The molecule has 1 aromatic rings. The van der Waals surface area contributed by atoms with Crippen molar-refractivity contribution in [2.45, 2.75) is 12.5 Å². The molecule has 1 aromatic heterocycles. The fraction of sp³-hybridized carbons (Fsp3) is 0.444. The lowest BCUT2D eigenvalue weighted by atomic mass is 10.2. The molecule has 1 unspecified atom stereocenters. The molecule has 1 heterocycles. The van der Waals surface area contributed by atoms with Crippen molar-refractivity contribution < 1.29 is 14.2 Å². The van der Waals surface area contributed by atoms with Gasteiger partial charge in [0.05, 0.1) is 18.4 Å². The number of hydrogen-bond donors (Lipinski definition) is 1. The highest BCUT2D eigenvalue weighted by Crippen LogP contribution is 2.05. The van der Waals surface area contributed by atoms with Gasteiger partial charge in [0.15, 0.2) is 0 Å². The minimum atomic E-state index is -0.700. The summed E-state index contributed by atoms with van der Waals surface area (Å²) in [7, 11) is 1.48. The van der Waals surface area contributed by atoms with Crippen LogP contribution in [0, 0.1) is 5.82 Å². The summed E-state index contributed by atoms with van der Waals surface area (Å²) >= 11 is 0. The molecular weight excluding hydrogens is 173 g/mol. The van der Waals surface area contributed by atoms with E-state index >= 15 is 0 Å². The number of pyridine rings is 1. The summed E-state index contributed by atoms with van der Waals surface area (Å²) in [6.07, 6.45) is 0.979. The van der Waals surface area contributed by atoms with E-state index in [1.807, 2.05) is 0 Å². The molecular formula is C9H12FNO2. The zero-order valence-corrected chi connectivity index (χ0v) is 7.40. The Morgan fingerprint density at radius 3 is 3.08 bits per heavy atom. The molecule has 0 saturated heterocycles. The monoisotopic (exact) mass is 185 g/mol. The summed E-state index contributed by atoms with van der Waals surface area (Å²) in [5.74, 6) is -0.391. The lowest BCUT2D eigenvalue weighted by Gasteiger charge is -2.08. The standard InChI is InChI=1S/C9H12FNO2/c1-13-6-7(12)5-9-8(10)3-2-4-11-9/h2-4,7,12H,5-6H2,1H3. The van der Waals surface area contributed by atoms with Crippen molar-refractivity contribution in [1.82, 2.24) is 4.98 Å². The fourth-order valence-corrected chi connectivity index (χ4v) is 1.04. The maximum Gasteiger partial charge on any atom is 0.144 e. The van der Waals surface area contributed by atoms with Gasteiger partial charge in [-0.15, -0.1) is 0 Å². The van der Waals surface area contributed by atoms with E-state index in [9.17, 15) is 9.50 Å². The van der Waals surface area contributed by atoms with Crippen LogP contribution in [0.2, 0.25) is 0 Å². The van der Waals surface area contributed by atoms with Crippen molar-refractivity contribution in [2.24, 2.45) is 0 Å². The molecule has 0 radical (unpaired) electrons. The quantitative estimate of drug-likeness (QED) is 0.753. The predicted octanol–water partition coefficient (Wildman–Crippen LogP) is 0.771. The molecule has 1 rings (SSSR count). The molecule has 0 aliphatic carbocycles. The third kappa shape index (κ3) is 3.08. The van der Waals surface area contributed by atoms with E-state index in [0.29, 0.717) is 0 Å². The van der Waals surface area contributed by atoms with Crippen molar-refractivity contribution in [3.8, 4) is 0 Å². The van der Waals surface area contributed by atoms with Crippen molar-refractivity contribution >= 4 is 0 Å². The predicted molar refractivity (Wildman–Crippen MR) is 45.8 cm³/mol. The zero-order valence-electron chi connectivity index (χ0n) is 7.40. The highest BCUT2D eigenvalue weighted by atomic mass is 19.1. The summed E-state index contributed by atoms with van der Waals surface area (Å²) in [4.78, 5) is 3.81. The second-order valence-electron chi connectivity index (χ2n) is 2.75. The zero-order chi connectivity index (χ0) is 9.68. The van der Waals surface area contributed by atoms with Crippen LogP contribution in [0.3, 0.4) is 0 Å². The van der Waals surface area contributed by atoms with Crippen LogP contribution in [-0.4, -0.2) is 29.9 Å². The van der Waals surface area contributed by atoms with Gasteiger partial charge in [-0.05, 0) is 12.1 Å². The van der Waals surface area contributed by atoms with Crippen LogP contribution in [0.25, 0.3) is 0 Å². The molecule has 4 heteroatoms. The maximum absolute atomic E-state index is 13.0. The number of aliphatic hydroxyl groups is 1. The molecule has 0 fully saturated rings. The Balaban J connectivity index is 2.58. The molecule has 0 amide bonds. The highest BCUT2D eigenvalue weighted by molar-refractivity contribution is 5.07. The molecule has 13 heavy (non-hydrogen) atoms. The number of methoxy groups -OCH3 is 1. The summed E-state index contributed by atoms with van der Waals surface area (Å²) < 4.78 is 17.7. The Bertz CT molecular complexity index is 268. The number of nitrogens with zero attached hydrogens (tertiary/aromatic N) is 1. The maximum atomic E-state index is 13.0. The number of hydrogen-bond acceptors (Lipinski definition) is 3. The third-order valence-corrected chi connectivity index (χ3v) is 1.62. The Morgan fingerprint density at radius 2 is 2.46 bits per heavy atom. The SMILES string of the molecule is COCC(O)Cc1ncccc1F. The van der Waals surface area contributed by atoms with E-state index in [-0.39, 0.29) is 18.7 Å². The number of ether oxygens (including phenoxy) is 1. The van der Waals surface area contributed by atoms with Crippen molar-refractivity contribution in [1.29, 1.82) is 0 Å². The van der Waals surface area contributed by atoms with Crippen molar-refractivity contribution in [3.63, 3.8) is 0 Å². The molecule has 0 spiro atoms. The van der Waals surface area contributed by atoms with Crippen LogP contribution < -0.4 is 0 Å². The molecule has 0 bridgehead atoms. The number of aliphatic hydroxyl groups excluding tert-OH is 1. The van der Waals surface area contributed by atoms with Gasteiger partial charge in [-0.25, -0.2) is 4.39 Å². The average Bonchev–Trinajstić information content (AvgIpc) is 2.09. The molecule has 1 N–H and O–H groups in total. The fourth-order valence-electron chi connectivity index (χ4n) is 1.04. The van der Waals surface area contributed by atoms with Gasteiger partial charge in [0.1, 0.15) is 5.82 Å². The van der Waals surface area contributed by atoms with Gasteiger partial charge >= 0.3 is 0 Å². The molecule has 1 atom stereocenters. The molecule has 0 aliphatic rings. The van der Waals surface area contributed by atoms with E-state index in [4.69, 9.17) is 4.74 Å². The molecule has 0 aromatic carbocycles. The van der Waals surface area contributed by atoms with Gasteiger partial charge in [0, 0.05) is 19.7 Å². The van der Waals surface area contributed by atoms with Gasteiger partial charge < -0.3 is 9.84 Å². The van der Waals surface area contributed by atoms with Crippen LogP contribution in [0.5, 0.6) is 0 Å². The van der Waals surface area contributed by atoms with Gasteiger partial charge in [-0.2, -0.15) is 0 Å². The van der Waals surface area contributed by atoms with E-state index < -0.39 is 11.9 Å². The van der Waals surface area contributed by atoms with Gasteiger partial charge in [-0.3, -0.25) is 4.98 Å². The van der Waals surface area contributed by atoms with Gasteiger partial charge in [0.2, 0.25) is 0 Å². The summed E-state index contributed by atoms with van der Waals surface area (Å²) in [6.45, 7) is 0.190. The topological polar surface area (TPSA) is 42.4 Å². The number of halogens is 1. The van der Waals surface area contributed by atoms with E-state index in [0.717, 1.165) is 0 Å². The van der Waals surface area contributed by atoms with Crippen LogP contribution in [0.15, 0.2) is 18.3 Å². The van der Waals surface area contributed by atoms with Crippen LogP contribution in [0.4, 0.5) is 4.39 Å². The smallest absolute Gasteiger partial charge is 0.144 e. The van der Waals surface area contributed by atoms with Gasteiger partial charge in [-0.1, -0.05) is 0 Å². The van der Waals surface area contributed by atoms with Crippen LogP contribution >= 0.6 is 0 Å². The summed E-state index contributed by atoms with van der Waals surface area (Å²) in [5.41, 5.74) is 0.270. The van der Waals surface area contributed by atoms with E-state index in [2.05, 4.69) is 4.98 Å². The molecule has 0 aliphatic heterocycles. The van der Waals surface area contributed by atoms with Crippen LogP contribution in [-0.2, 0) is 11.2 Å². The molecule has 3 nitrogen and oxygen atoms in total. The van der Waals surface area contributed by atoms with Crippen molar-refractivity contribution in [3.05, 3.63) is 29.8 Å². The summed E-state index contributed by atoms with van der Waals surface area (Å²) in [6, 6.07) is 2.84. The average molecular weight is 185 g/mol. The first-order chi connectivity index (χ1) is 6.24. The number of aromatic nitrogens is 1. The normalized spacial score (nSPS) is 12.8. The Morgan fingerprint density at radius 1 is 1.69 bits per heavy atom. The second kappa shape index (κ2) is 4.89. The second-order valence-corrected chi connectivity index (χ2v) is 2.75. The summed E-state index contributed by atoms with van der Waals surface area (Å²) in [5, 5.41) is 9.30. The largest absolute Gasteiger partial charge is 0.390 e. The molecule has 72 valence electrons. The Kier molecular flexibility index (Phi) is 3.79. The first kappa shape index (κ1) is 10.1. The Labute approximate surface area is 76.2 Å². The van der Waals surface area contributed by atoms with Gasteiger partial charge in [0.25, 0.3) is 0 Å². The minimum absolute atomic E-state index is 0.181. The van der Waals surface area contributed by atoms with E-state index in [1.165, 1.54) is 25.4 Å². The Hall–Kier alpha value is -1.00. The lowest BCUT2D eigenvalue weighted by Crippen LogP contribution is -2.18. The van der Waals surface area contributed by atoms with E-state index in [1.54, 1.807) is 0 Å². The highest BCUT2D eigenvalue weighted by Gasteiger charge is 2.09. The van der Waals surface area contributed by atoms with Crippen molar-refractivity contribution in [2.75, 3.05) is 13.7 Å². The first-order valence-corrected chi connectivity index (χ1v) is 4.00. The lowest BCUT2D eigenvalue weighted by molar-refractivity contribution is 0.0638.